The molecule has 0 aromatic heterocycles. The highest BCUT2D eigenvalue weighted by Crippen LogP contribution is 2.28. The summed E-state index contributed by atoms with van der Waals surface area (Å²) in [5, 5.41) is 22.9. The Balaban J connectivity index is 1.58. The summed E-state index contributed by atoms with van der Waals surface area (Å²) >= 11 is 0. The van der Waals surface area contributed by atoms with Gasteiger partial charge in [-0.15, -0.1) is 0 Å². The van der Waals surface area contributed by atoms with Gasteiger partial charge in [0, 0.05) is 32.1 Å². The number of aryl methyl sites for hydroxylation is 3. The molecule has 0 aliphatic carbocycles. The Morgan fingerprint density at radius 1 is 0.976 bits per heavy atom. The molecule has 3 rings (SSSR count). The van der Waals surface area contributed by atoms with Crippen LogP contribution in [0.5, 0.6) is 0 Å². The van der Waals surface area contributed by atoms with E-state index in [-0.39, 0.29) is 35.8 Å². The first-order valence-electron chi connectivity index (χ1n) is 14.4. The zero-order chi connectivity index (χ0) is 30.9. The monoisotopic (exact) mass is 598 g/mol. The summed E-state index contributed by atoms with van der Waals surface area (Å²) in [6.45, 7) is 6.19. The predicted octanol–water partition coefficient (Wildman–Crippen LogP) is 5.44. The molecule has 0 radical (unpaired) electrons. The number of hydrogen-bond donors (Lipinski definition) is 3. The van der Waals surface area contributed by atoms with Crippen molar-refractivity contribution in [2.45, 2.75) is 75.8 Å². The fraction of sp³-hybridized carbons (Fsp3) is 0.424. The molecule has 42 heavy (non-hydrogen) atoms. The average molecular weight is 599 g/mol. The summed E-state index contributed by atoms with van der Waals surface area (Å²) < 4.78 is 41.3. The maximum absolute atomic E-state index is 13.5. The van der Waals surface area contributed by atoms with Gasteiger partial charge in [-0.1, -0.05) is 49.4 Å². The van der Waals surface area contributed by atoms with Crippen molar-refractivity contribution >= 4 is 16.0 Å². The molecule has 0 fully saturated rings. The number of rotatable bonds is 16. The number of benzene rings is 3. The zero-order valence-electron chi connectivity index (χ0n) is 24.9. The van der Waals surface area contributed by atoms with Gasteiger partial charge < -0.3 is 15.5 Å². The summed E-state index contributed by atoms with van der Waals surface area (Å²) in [6, 6.07) is 19.4. The molecular formula is C33H43FN2O5S. The number of likely N-dealkylation sites (N-methyl/N-ethyl adjacent to an activating group) is 1. The Morgan fingerprint density at radius 2 is 1.57 bits per heavy atom. The minimum absolute atomic E-state index is 0.0519. The summed E-state index contributed by atoms with van der Waals surface area (Å²) in [4.78, 5) is 11.0. The molecule has 3 aromatic rings. The number of aliphatic carboxylic acids is 1. The van der Waals surface area contributed by atoms with Crippen molar-refractivity contribution in [3.05, 3.63) is 89.2 Å². The number of carboxylic acids is 1. The van der Waals surface area contributed by atoms with Crippen LogP contribution in [-0.2, 0) is 34.1 Å². The van der Waals surface area contributed by atoms with Crippen molar-refractivity contribution in [2.24, 2.45) is 0 Å². The molecule has 1 atom stereocenters. The molecule has 9 heteroatoms. The number of β-amino-alcohol motifs (C(OH)–C–C–N with tert-alkyl or cyclic N) is 1. The van der Waals surface area contributed by atoms with Crippen molar-refractivity contribution in [1.82, 2.24) is 9.62 Å². The molecule has 3 aromatic carbocycles. The Morgan fingerprint density at radius 3 is 2.19 bits per heavy atom. The van der Waals surface area contributed by atoms with E-state index in [0.717, 1.165) is 41.5 Å². The van der Waals surface area contributed by atoms with E-state index in [9.17, 15) is 22.7 Å². The summed E-state index contributed by atoms with van der Waals surface area (Å²) in [5.74, 6) is -1.08. The number of sulfonamides is 1. The van der Waals surface area contributed by atoms with Gasteiger partial charge in [0.05, 0.1) is 11.0 Å². The number of aliphatic hydroxyl groups is 1. The van der Waals surface area contributed by atoms with E-state index in [1.165, 1.54) is 23.5 Å². The molecule has 0 bridgehead atoms. The highest BCUT2D eigenvalue weighted by molar-refractivity contribution is 7.89. The minimum Gasteiger partial charge on any atom is -0.481 e. The third-order valence-electron chi connectivity index (χ3n) is 7.51. The first-order valence-corrected chi connectivity index (χ1v) is 15.8. The van der Waals surface area contributed by atoms with Crippen LogP contribution < -0.4 is 5.32 Å². The highest BCUT2D eigenvalue weighted by atomic mass is 32.2. The molecule has 0 aliphatic rings. The van der Waals surface area contributed by atoms with Gasteiger partial charge in [0.25, 0.3) is 0 Å². The number of aliphatic hydroxyl groups excluding tert-OH is 1. The second-order valence-electron chi connectivity index (χ2n) is 11.5. The third-order valence-corrected chi connectivity index (χ3v) is 9.43. The molecule has 1 unspecified atom stereocenters. The quantitative estimate of drug-likeness (QED) is 0.203. The maximum atomic E-state index is 13.5. The number of carboxylic acid groups (broad SMARTS) is 1. The average Bonchev–Trinajstić information content (AvgIpc) is 2.96. The Hall–Kier alpha value is -3.11. The van der Waals surface area contributed by atoms with Crippen LogP contribution in [0.25, 0.3) is 11.1 Å². The van der Waals surface area contributed by atoms with Crippen LogP contribution in [0.4, 0.5) is 4.39 Å². The van der Waals surface area contributed by atoms with Gasteiger partial charge >= 0.3 is 5.97 Å². The van der Waals surface area contributed by atoms with Crippen LogP contribution in [0.1, 0.15) is 56.7 Å². The molecule has 3 N–H and O–H groups in total. The van der Waals surface area contributed by atoms with Gasteiger partial charge in [0.2, 0.25) is 10.0 Å². The number of nitrogens with one attached hydrogen (secondary N) is 1. The molecule has 7 nitrogen and oxygen atoms in total. The predicted molar refractivity (Wildman–Crippen MR) is 164 cm³/mol. The minimum atomic E-state index is -3.84. The van der Waals surface area contributed by atoms with Crippen LogP contribution in [0.3, 0.4) is 0 Å². The number of carbonyl (C=O) groups is 1. The Kier molecular flexibility index (Phi) is 11.8. The fourth-order valence-electron chi connectivity index (χ4n) is 4.90. The molecule has 0 saturated carbocycles. The van der Waals surface area contributed by atoms with E-state index in [2.05, 4.69) is 5.32 Å². The van der Waals surface area contributed by atoms with Crippen molar-refractivity contribution < 1.29 is 27.8 Å². The van der Waals surface area contributed by atoms with Gasteiger partial charge in [-0.05, 0) is 98.0 Å². The summed E-state index contributed by atoms with van der Waals surface area (Å²) in [6.07, 6.45) is 2.69. The van der Waals surface area contributed by atoms with E-state index < -0.39 is 22.1 Å². The molecule has 0 spiro atoms. The summed E-state index contributed by atoms with van der Waals surface area (Å²) in [7, 11) is -2.35. The first-order chi connectivity index (χ1) is 19.8. The Bertz CT molecular complexity index is 1420. The van der Waals surface area contributed by atoms with Gasteiger partial charge in [0.1, 0.15) is 5.82 Å². The van der Waals surface area contributed by atoms with E-state index in [4.69, 9.17) is 5.11 Å². The number of nitrogens with zero attached hydrogens (tertiary/aromatic N) is 1. The lowest BCUT2D eigenvalue weighted by atomic mass is 9.95. The van der Waals surface area contributed by atoms with Gasteiger partial charge in [-0.3, -0.25) is 4.79 Å². The van der Waals surface area contributed by atoms with E-state index >= 15 is 0 Å². The molecule has 228 valence electrons. The number of halogens is 1. The normalized spacial score (nSPS) is 12.9. The van der Waals surface area contributed by atoms with Crippen molar-refractivity contribution in [3.63, 3.8) is 0 Å². The number of hydrogen-bond acceptors (Lipinski definition) is 5. The molecule has 0 aliphatic heterocycles. The summed E-state index contributed by atoms with van der Waals surface area (Å²) in [5.41, 5.74) is 4.22. The smallest absolute Gasteiger partial charge is 0.303 e. The lowest BCUT2D eigenvalue weighted by molar-refractivity contribution is -0.136. The van der Waals surface area contributed by atoms with Crippen LogP contribution in [0.2, 0.25) is 0 Å². The second-order valence-corrected chi connectivity index (χ2v) is 13.5. The van der Waals surface area contributed by atoms with Crippen molar-refractivity contribution in [2.75, 3.05) is 20.1 Å². The maximum Gasteiger partial charge on any atom is 0.303 e. The largest absolute Gasteiger partial charge is 0.481 e. The van der Waals surface area contributed by atoms with Crippen LogP contribution in [0.15, 0.2) is 71.6 Å². The molecule has 0 saturated heterocycles. The molecular weight excluding hydrogens is 555 g/mol. The van der Waals surface area contributed by atoms with Crippen LogP contribution in [-0.4, -0.2) is 60.7 Å². The second kappa shape index (κ2) is 14.9. The lowest BCUT2D eigenvalue weighted by Crippen LogP contribution is -2.46. The topological polar surface area (TPSA) is 107 Å². The highest BCUT2D eigenvalue weighted by Gasteiger charge is 2.26. The lowest BCUT2D eigenvalue weighted by Gasteiger charge is -2.29. The van der Waals surface area contributed by atoms with Crippen LogP contribution in [0, 0.1) is 5.82 Å². The van der Waals surface area contributed by atoms with E-state index in [1.807, 2.05) is 51.1 Å². The first kappa shape index (κ1) is 33.4. The van der Waals surface area contributed by atoms with Crippen molar-refractivity contribution in [1.29, 1.82) is 0 Å². The fourth-order valence-corrected chi connectivity index (χ4v) is 6.38. The third kappa shape index (κ3) is 9.73. The van der Waals surface area contributed by atoms with E-state index in [1.54, 1.807) is 24.3 Å². The molecule has 0 heterocycles. The Labute approximate surface area is 249 Å². The molecule has 0 amide bonds. The SMILES string of the molecule is CCc1cc(-c2ccc(CCC(=O)O)cc2)ccc1S(=O)(=O)N(C)CC(O)CNC(C)(C)CCCc1ccc(F)cc1. The van der Waals surface area contributed by atoms with Crippen molar-refractivity contribution in [3.8, 4) is 11.1 Å². The van der Waals surface area contributed by atoms with Gasteiger partial charge in [-0.25, -0.2) is 12.8 Å². The van der Waals surface area contributed by atoms with E-state index in [0.29, 0.717) is 18.4 Å². The van der Waals surface area contributed by atoms with Crippen LogP contribution >= 0.6 is 0 Å². The standard InChI is InChI=1S/C33H43FN2O5S/c1-5-26-21-28(27-13-8-25(9-14-27)12-19-32(38)39)15-18-31(26)42(40,41)36(4)23-30(37)22-35-33(2,3)20-6-7-24-10-16-29(34)17-11-24/h8-11,13-18,21,30,35,37H,5-7,12,19-20,22-23H2,1-4H3,(H,38,39). The van der Waals surface area contributed by atoms with Gasteiger partial charge in [-0.2, -0.15) is 4.31 Å². The van der Waals surface area contributed by atoms with Gasteiger partial charge in [0.15, 0.2) is 0 Å². The zero-order valence-corrected chi connectivity index (χ0v) is 25.8.